The minimum Gasteiger partial charge on any atom is -0.369 e. The maximum absolute atomic E-state index is 12.1. The summed E-state index contributed by atoms with van der Waals surface area (Å²) >= 11 is 9.03. The minimum atomic E-state index is -2.33. The van der Waals surface area contributed by atoms with Crippen molar-refractivity contribution < 1.29 is 8.78 Å². The zero-order valence-electron chi connectivity index (χ0n) is 8.18. The van der Waals surface area contributed by atoms with Crippen LogP contribution in [0.3, 0.4) is 0 Å². The van der Waals surface area contributed by atoms with Crippen molar-refractivity contribution in [2.45, 2.75) is 12.3 Å². The number of benzene rings is 1. The summed E-state index contributed by atoms with van der Waals surface area (Å²) in [5.74, 6) is 0.402. The fourth-order valence-electron chi connectivity index (χ4n) is 1.19. The van der Waals surface area contributed by atoms with E-state index in [0.717, 1.165) is 15.7 Å². The van der Waals surface area contributed by atoms with Crippen LogP contribution in [-0.4, -0.2) is 20.0 Å². The second-order valence-electron chi connectivity index (χ2n) is 3.18. The third-order valence-electron chi connectivity index (χ3n) is 2.03. The monoisotopic (exact) mass is 297 g/mol. The van der Waals surface area contributed by atoms with E-state index in [9.17, 15) is 8.78 Å². The highest BCUT2D eigenvalue weighted by Gasteiger charge is 2.09. The summed E-state index contributed by atoms with van der Waals surface area (Å²) in [5, 5.41) is 0. The fourth-order valence-corrected chi connectivity index (χ4v) is 2.10. The first-order valence-electron chi connectivity index (χ1n) is 4.38. The molecule has 1 aromatic rings. The number of alkyl halides is 3. The van der Waals surface area contributed by atoms with Crippen molar-refractivity contribution >= 4 is 33.2 Å². The molecule has 0 bridgehead atoms. The third-order valence-corrected chi connectivity index (χ3v) is 3.06. The minimum absolute atomic E-state index is 0.271. The van der Waals surface area contributed by atoms with Gasteiger partial charge in [-0.15, -0.1) is 11.6 Å². The predicted octanol–water partition coefficient (Wildman–Crippen LogP) is 3.89. The van der Waals surface area contributed by atoms with Crippen molar-refractivity contribution in [2.75, 3.05) is 18.5 Å². The Hall–Kier alpha value is -0.350. The van der Waals surface area contributed by atoms with Crippen molar-refractivity contribution in [1.29, 1.82) is 0 Å². The van der Waals surface area contributed by atoms with Gasteiger partial charge in [-0.3, -0.25) is 0 Å². The van der Waals surface area contributed by atoms with Gasteiger partial charge in [0.25, 0.3) is 6.43 Å². The van der Waals surface area contributed by atoms with E-state index in [0.29, 0.717) is 5.88 Å². The molecule has 0 N–H and O–H groups in total. The number of rotatable bonds is 4. The van der Waals surface area contributed by atoms with E-state index in [2.05, 4.69) is 15.9 Å². The van der Waals surface area contributed by atoms with Gasteiger partial charge < -0.3 is 4.90 Å². The van der Waals surface area contributed by atoms with Crippen LogP contribution in [0.1, 0.15) is 5.56 Å². The molecule has 1 rings (SSSR count). The molecule has 0 aliphatic carbocycles. The van der Waals surface area contributed by atoms with Crippen LogP contribution in [0.15, 0.2) is 22.7 Å². The molecule has 1 aromatic carbocycles. The molecule has 84 valence electrons. The van der Waals surface area contributed by atoms with Crippen molar-refractivity contribution in [3.8, 4) is 0 Å². The maximum atomic E-state index is 12.1. The lowest BCUT2D eigenvalue weighted by molar-refractivity contribution is 0.156. The van der Waals surface area contributed by atoms with Crippen LogP contribution in [0, 0.1) is 0 Å². The van der Waals surface area contributed by atoms with E-state index in [1.165, 1.54) is 4.90 Å². The highest BCUT2D eigenvalue weighted by atomic mass is 79.9. The Morgan fingerprint density at radius 3 is 2.60 bits per heavy atom. The van der Waals surface area contributed by atoms with E-state index in [1.54, 1.807) is 19.2 Å². The SMILES string of the molecule is CN(CC(F)F)c1ccc(CCl)c(Br)c1. The molecule has 0 saturated carbocycles. The quantitative estimate of drug-likeness (QED) is 0.762. The van der Waals surface area contributed by atoms with Crippen LogP contribution in [0.4, 0.5) is 14.5 Å². The summed E-state index contributed by atoms with van der Waals surface area (Å²) in [4.78, 5) is 1.51. The fraction of sp³-hybridized carbons (Fsp3) is 0.400. The Balaban J connectivity index is 2.82. The zero-order valence-corrected chi connectivity index (χ0v) is 10.5. The van der Waals surface area contributed by atoms with Crippen LogP contribution in [0.5, 0.6) is 0 Å². The number of hydrogen-bond donors (Lipinski definition) is 0. The lowest BCUT2D eigenvalue weighted by Gasteiger charge is -2.19. The van der Waals surface area contributed by atoms with Gasteiger partial charge in [0.2, 0.25) is 0 Å². The van der Waals surface area contributed by atoms with Crippen molar-refractivity contribution in [2.24, 2.45) is 0 Å². The average Bonchev–Trinajstić information content (AvgIpc) is 2.16. The molecule has 0 heterocycles. The lowest BCUT2D eigenvalue weighted by atomic mass is 10.2. The largest absolute Gasteiger partial charge is 0.369 e. The molecule has 0 radical (unpaired) electrons. The van der Waals surface area contributed by atoms with Crippen LogP contribution < -0.4 is 4.90 Å². The third kappa shape index (κ3) is 3.61. The summed E-state index contributed by atoms with van der Waals surface area (Å²) in [6.07, 6.45) is -2.33. The second kappa shape index (κ2) is 5.66. The van der Waals surface area contributed by atoms with Crippen LogP contribution in [-0.2, 0) is 5.88 Å². The topological polar surface area (TPSA) is 3.24 Å². The molecule has 5 heteroatoms. The van der Waals surface area contributed by atoms with Gasteiger partial charge in [-0.25, -0.2) is 8.78 Å². The highest BCUT2D eigenvalue weighted by Crippen LogP contribution is 2.25. The molecule has 0 aliphatic heterocycles. The van der Waals surface area contributed by atoms with E-state index < -0.39 is 6.43 Å². The average molecular weight is 299 g/mol. The first-order valence-corrected chi connectivity index (χ1v) is 5.71. The van der Waals surface area contributed by atoms with Crippen LogP contribution in [0.25, 0.3) is 0 Å². The van der Waals surface area contributed by atoms with Gasteiger partial charge in [0.1, 0.15) is 0 Å². The summed E-state index contributed by atoms with van der Waals surface area (Å²) < 4.78 is 25.1. The highest BCUT2D eigenvalue weighted by molar-refractivity contribution is 9.10. The Kier molecular flexibility index (Phi) is 4.80. The summed E-state index contributed by atoms with van der Waals surface area (Å²) in [6.45, 7) is -0.271. The Morgan fingerprint density at radius 2 is 2.13 bits per heavy atom. The molecule has 0 aliphatic rings. The molecule has 0 atom stereocenters. The Morgan fingerprint density at radius 1 is 1.47 bits per heavy atom. The molecule has 1 nitrogen and oxygen atoms in total. The number of halogens is 4. The summed E-state index contributed by atoms with van der Waals surface area (Å²) in [6, 6.07) is 5.40. The Labute approximate surface area is 101 Å². The van der Waals surface area contributed by atoms with Gasteiger partial charge in [-0.2, -0.15) is 0 Å². The smallest absolute Gasteiger partial charge is 0.255 e. The van der Waals surface area contributed by atoms with Crippen LogP contribution >= 0.6 is 27.5 Å². The van der Waals surface area contributed by atoms with Crippen LogP contribution in [0.2, 0.25) is 0 Å². The van der Waals surface area contributed by atoms with Gasteiger partial charge in [0, 0.05) is 23.1 Å². The number of nitrogens with zero attached hydrogens (tertiary/aromatic N) is 1. The summed E-state index contributed by atoms with van der Waals surface area (Å²) in [7, 11) is 1.63. The molecule has 0 aromatic heterocycles. The van der Waals surface area contributed by atoms with Crippen molar-refractivity contribution in [3.63, 3.8) is 0 Å². The maximum Gasteiger partial charge on any atom is 0.255 e. The normalized spacial score (nSPS) is 10.8. The van der Waals surface area contributed by atoms with Crippen molar-refractivity contribution in [1.82, 2.24) is 0 Å². The molecule has 0 fully saturated rings. The molecule has 0 unspecified atom stereocenters. The first kappa shape index (κ1) is 12.7. The predicted molar refractivity (Wildman–Crippen MR) is 63.0 cm³/mol. The molecule has 0 saturated heterocycles. The molecule has 0 amide bonds. The second-order valence-corrected chi connectivity index (χ2v) is 4.30. The van der Waals surface area contributed by atoms with Crippen molar-refractivity contribution in [3.05, 3.63) is 28.2 Å². The molecule has 0 spiro atoms. The van der Waals surface area contributed by atoms with Gasteiger partial charge >= 0.3 is 0 Å². The number of hydrogen-bond acceptors (Lipinski definition) is 1. The van der Waals surface area contributed by atoms with Gasteiger partial charge in [-0.1, -0.05) is 22.0 Å². The Bertz CT molecular complexity index is 333. The summed E-state index contributed by atoms with van der Waals surface area (Å²) in [5.41, 5.74) is 1.70. The standard InChI is InChI=1S/C10H11BrClF2N/c1-15(6-10(13)14)8-3-2-7(5-12)9(11)4-8/h2-4,10H,5-6H2,1H3. The van der Waals surface area contributed by atoms with E-state index >= 15 is 0 Å². The van der Waals surface area contributed by atoms with E-state index in [1.807, 2.05) is 6.07 Å². The van der Waals surface area contributed by atoms with Gasteiger partial charge in [-0.05, 0) is 17.7 Å². The molecular formula is C10H11BrClF2N. The van der Waals surface area contributed by atoms with E-state index in [-0.39, 0.29) is 6.54 Å². The first-order chi connectivity index (χ1) is 7.04. The van der Waals surface area contributed by atoms with Gasteiger partial charge in [0.05, 0.1) is 6.54 Å². The molecular weight excluding hydrogens is 287 g/mol. The van der Waals surface area contributed by atoms with E-state index in [4.69, 9.17) is 11.6 Å². The number of anilines is 1. The van der Waals surface area contributed by atoms with Gasteiger partial charge in [0.15, 0.2) is 0 Å². The lowest BCUT2D eigenvalue weighted by Crippen LogP contribution is -2.23. The molecule has 15 heavy (non-hydrogen) atoms. The zero-order chi connectivity index (χ0) is 11.4.